The molecular weight excluding hydrogens is 334 g/mol. The number of carboxylic acid groups (broad SMARTS) is 1. The molecule has 0 saturated heterocycles. The fourth-order valence-corrected chi connectivity index (χ4v) is 2.48. The molecule has 1 amide bonds. The monoisotopic (exact) mass is 357 g/mol. The van der Waals surface area contributed by atoms with Gasteiger partial charge in [0.15, 0.2) is 0 Å². The standard InChI is InChI=1S/C20H23NO5/c1-20(2,18(22)23)17(15-9-11-16(25-3)12-10-15)21-19(24)26-13-14-7-5-4-6-8-14/h4-12,17H,13H2,1-3H3,(H,21,24)(H,22,23)/t17-/m1/s1. The van der Waals surface area contributed by atoms with Crippen molar-refractivity contribution >= 4 is 12.1 Å². The lowest BCUT2D eigenvalue weighted by atomic mass is 9.80. The number of alkyl carbamates (subject to hydrolysis) is 1. The molecule has 2 aromatic carbocycles. The SMILES string of the molecule is COc1ccc([C@@H](NC(=O)OCc2ccccc2)C(C)(C)C(=O)O)cc1. The third-order valence-electron chi connectivity index (χ3n) is 4.20. The number of carboxylic acids is 1. The van der Waals surface area contributed by atoms with Crippen molar-refractivity contribution in [3.05, 3.63) is 65.7 Å². The van der Waals surface area contributed by atoms with E-state index in [1.165, 1.54) is 0 Å². The molecule has 0 radical (unpaired) electrons. The number of nitrogens with one attached hydrogen (secondary N) is 1. The molecule has 0 saturated carbocycles. The van der Waals surface area contributed by atoms with Crippen molar-refractivity contribution in [1.29, 1.82) is 0 Å². The van der Waals surface area contributed by atoms with Crippen molar-refractivity contribution < 1.29 is 24.2 Å². The molecule has 0 heterocycles. The first-order chi connectivity index (χ1) is 12.3. The number of aliphatic carboxylic acids is 1. The van der Waals surface area contributed by atoms with Crippen LogP contribution in [0.15, 0.2) is 54.6 Å². The molecule has 2 rings (SSSR count). The van der Waals surface area contributed by atoms with Gasteiger partial charge in [-0.3, -0.25) is 4.79 Å². The van der Waals surface area contributed by atoms with Crippen molar-refractivity contribution in [2.45, 2.75) is 26.5 Å². The quantitative estimate of drug-likeness (QED) is 0.788. The minimum Gasteiger partial charge on any atom is -0.497 e. The molecular formula is C20H23NO5. The molecule has 6 heteroatoms. The van der Waals surface area contributed by atoms with Crippen molar-refractivity contribution in [3.8, 4) is 5.75 Å². The molecule has 0 bridgehead atoms. The van der Waals surface area contributed by atoms with Crippen LogP contribution < -0.4 is 10.1 Å². The van der Waals surface area contributed by atoms with Crippen LogP contribution in [0.4, 0.5) is 4.79 Å². The Morgan fingerprint density at radius 3 is 2.23 bits per heavy atom. The number of carbonyl (C=O) groups excluding carboxylic acids is 1. The van der Waals surface area contributed by atoms with Crippen LogP contribution in [0.1, 0.15) is 31.0 Å². The number of amides is 1. The van der Waals surface area contributed by atoms with Crippen LogP contribution in [-0.2, 0) is 16.1 Å². The van der Waals surface area contributed by atoms with Gasteiger partial charge in [0, 0.05) is 0 Å². The highest BCUT2D eigenvalue weighted by Crippen LogP contribution is 2.34. The first kappa shape index (κ1) is 19.3. The lowest BCUT2D eigenvalue weighted by molar-refractivity contribution is -0.148. The number of ether oxygens (including phenoxy) is 2. The Morgan fingerprint density at radius 2 is 1.69 bits per heavy atom. The van der Waals surface area contributed by atoms with Gasteiger partial charge in [-0.25, -0.2) is 4.79 Å². The number of rotatable bonds is 7. The molecule has 0 aromatic heterocycles. The fourth-order valence-electron chi connectivity index (χ4n) is 2.48. The Bertz CT molecular complexity index is 741. The van der Waals surface area contributed by atoms with Crippen LogP contribution in [0.25, 0.3) is 0 Å². The van der Waals surface area contributed by atoms with Gasteiger partial charge in [0.05, 0.1) is 18.6 Å². The van der Waals surface area contributed by atoms with Gasteiger partial charge in [-0.1, -0.05) is 42.5 Å². The van der Waals surface area contributed by atoms with Crippen LogP contribution in [0.2, 0.25) is 0 Å². The highest BCUT2D eigenvalue weighted by Gasteiger charge is 2.39. The summed E-state index contributed by atoms with van der Waals surface area (Å²) in [5.41, 5.74) is 0.261. The van der Waals surface area contributed by atoms with E-state index in [0.29, 0.717) is 11.3 Å². The lowest BCUT2D eigenvalue weighted by Crippen LogP contribution is -2.42. The van der Waals surface area contributed by atoms with Crippen molar-refractivity contribution in [2.75, 3.05) is 7.11 Å². The first-order valence-electron chi connectivity index (χ1n) is 8.19. The van der Waals surface area contributed by atoms with Gasteiger partial charge < -0.3 is 19.9 Å². The van der Waals surface area contributed by atoms with E-state index in [1.54, 1.807) is 45.2 Å². The second-order valence-corrected chi connectivity index (χ2v) is 6.44. The summed E-state index contributed by atoms with van der Waals surface area (Å²) in [7, 11) is 1.55. The minimum atomic E-state index is -1.24. The van der Waals surface area contributed by atoms with Gasteiger partial charge in [0.25, 0.3) is 0 Å². The largest absolute Gasteiger partial charge is 0.497 e. The van der Waals surface area contributed by atoms with Gasteiger partial charge in [-0.2, -0.15) is 0 Å². The van der Waals surface area contributed by atoms with Gasteiger partial charge in [0.1, 0.15) is 12.4 Å². The van der Waals surface area contributed by atoms with Gasteiger partial charge in [-0.05, 0) is 37.1 Å². The molecule has 6 nitrogen and oxygen atoms in total. The fraction of sp³-hybridized carbons (Fsp3) is 0.300. The Hall–Kier alpha value is -3.02. The third kappa shape index (κ3) is 4.75. The second kappa shape index (κ2) is 8.38. The molecule has 0 spiro atoms. The average Bonchev–Trinajstić information content (AvgIpc) is 2.65. The van der Waals surface area contributed by atoms with E-state index in [9.17, 15) is 14.7 Å². The van der Waals surface area contributed by atoms with E-state index in [-0.39, 0.29) is 6.61 Å². The highest BCUT2D eigenvalue weighted by atomic mass is 16.5. The van der Waals surface area contributed by atoms with Crippen LogP contribution in [-0.4, -0.2) is 24.3 Å². The summed E-state index contributed by atoms with van der Waals surface area (Å²) in [6.07, 6.45) is -0.677. The summed E-state index contributed by atoms with van der Waals surface area (Å²) in [6.45, 7) is 3.22. The maximum absolute atomic E-state index is 12.2. The van der Waals surface area contributed by atoms with Crippen LogP contribution in [0.3, 0.4) is 0 Å². The average molecular weight is 357 g/mol. The summed E-state index contributed by atoms with van der Waals surface area (Å²) < 4.78 is 10.4. The predicted molar refractivity (Wildman–Crippen MR) is 96.9 cm³/mol. The number of methoxy groups -OCH3 is 1. The first-order valence-corrected chi connectivity index (χ1v) is 8.19. The summed E-state index contributed by atoms with van der Waals surface area (Å²) in [4.78, 5) is 23.9. The second-order valence-electron chi connectivity index (χ2n) is 6.44. The van der Waals surface area contributed by atoms with Crippen molar-refractivity contribution in [3.63, 3.8) is 0 Å². The molecule has 1 atom stereocenters. The van der Waals surface area contributed by atoms with Crippen LogP contribution in [0.5, 0.6) is 5.75 Å². The van der Waals surface area contributed by atoms with Crippen LogP contribution in [0, 0.1) is 5.41 Å². The highest BCUT2D eigenvalue weighted by molar-refractivity contribution is 5.77. The van der Waals surface area contributed by atoms with E-state index in [2.05, 4.69) is 5.32 Å². The molecule has 0 unspecified atom stereocenters. The normalized spacial score (nSPS) is 12.1. The molecule has 0 aliphatic carbocycles. The van der Waals surface area contributed by atoms with E-state index in [4.69, 9.17) is 9.47 Å². The van der Waals surface area contributed by atoms with Crippen molar-refractivity contribution in [1.82, 2.24) is 5.32 Å². The molecule has 2 N–H and O–H groups in total. The number of carbonyl (C=O) groups is 2. The van der Waals surface area contributed by atoms with Crippen LogP contribution >= 0.6 is 0 Å². The zero-order valence-corrected chi connectivity index (χ0v) is 15.1. The molecule has 26 heavy (non-hydrogen) atoms. The number of hydrogen-bond acceptors (Lipinski definition) is 4. The van der Waals surface area contributed by atoms with E-state index in [0.717, 1.165) is 5.56 Å². The molecule has 0 aliphatic rings. The Kier molecular flexibility index (Phi) is 6.22. The van der Waals surface area contributed by atoms with E-state index < -0.39 is 23.5 Å². The van der Waals surface area contributed by atoms with E-state index in [1.807, 2.05) is 30.3 Å². The maximum atomic E-state index is 12.2. The summed E-state index contributed by atoms with van der Waals surface area (Å²) >= 11 is 0. The Balaban J connectivity index is 2.15. The Labute approximate surface area is 152 Å². The number of benzene rings is 2. The molecule has 138 valence electrons. The third-order valence-corrected chi connectivity index (χ3v) is 4.20. The topological polar surface area (TPSA) is 84.9 Å². The smallest absolute Gasteiger partial charge is 0.407 e. The van der Waals surface area contributed by atoms with E-state index >= 15 is 0 Å². The van der Waals surface area contributed by atoms with Crippen molar-refractivity contribution in [2.24, 2.45) is 5.41 Å². The maximum Gasteiger partial charge on any atom is 0.407 e. The predicted octanol–water partition coefficient (Wildman–Crippen LogP) is 3.77. The molecule has 0 fully saturated rings. The molecule has 2 aromatic rings. The zero-order chi connectivity index (χ0) is 19.2. The van der Waals surface area contributed by atoms with Gasteiger partial charge >= 0.3 is 12.1 Å². The minimum absolute atomic E-state index is 0.107. The molecule has 0 aliphatic heterocycles. The van der Waals surface area contributed by atoms with Gasteiger partial charge in [-0.15, -0.1) is 0 Å². The summed E-state index contributed by atoms with van der Waals surface area (Å²) in [5, 5.41) is 12.3. The lowest BCUT2D eigenvalue weighted by Gasteiger charge is -2.31. The van der Waals surface area contributed by atoms with Gasteiger partial charge in [0.2, 0.25) is 0 Å². The summed E-state index contributed by atoms with van der Waals surface area (Å²) in [5.74, 6) is -0.381. The number of hydrogen-bond donors (Lipinski definition) is 2. The Morgan fingerprint density at radius 1 is 1.08 bits per heavy atom. The summed E-state index contributed by atoms with van der Waals surface area (Å²) in [6, 6.07) is 15.4. The zero-order valence-electron chi connectivity index (χ0n) is 15.1.